The molecule has 6 nitrogen and oxygen atoms in total. The zero-order valence-electron chi connectivity index (χ0n) is 34.3. The Morgan fingerprint density at radius 1 is 0.500 bits per heavy atom. The van der Waals surface area contributed by atoms with Crippen LogP contribution in [0.15, 0.2) is 158 Å². The van der Waals surface area contributed by atoms with Crippen molar-refractivity contribution in [1.82, 2.24) is 0 Å². The summed E-state index contributed by atoms with van der Waals surface area (Å²) in [4.78, 5) is 8.26. The quantitative estimate of drug-likeness (QED) is 0.0812. The van der Waals surface area contributed by atoms with E-state index in [0.717, 1.165) is 56.8 Å². The molecule has 0 bridgehead atoms. The van der Waals surface area contributed by atoms with Gasteiger partial charge in [0.1, 0.15) is 11.5 Å². The van der Waals surface area contributed by atoms with Crippen LogP contribution in [0.2, 0.25) is 0 Å². The van der Waals surface area contributed by atoms with Crippen molar-refractivity contribution in [1.29, 1.82) is 5.26 Å². The monoisotopic (exact) mass is 782 g/mol. The van der Waals surface area contributed by atoms with Gasteiger partial charge in [-0.3, -0.25) is 0 Å². The van der Waals surface area contributed by atoms with E-state index >= 15 is 0 Å². The SMILES string of the molecule is [C-]#[N+]c1cc(/C=C\c2ccc(N(c3ccc(OCC)cc3)c3ccc(OCC)cc3)cc2)c(C#N)cc1/C=C\c1ccc(N(c2ccc(C)cc2)c2ccc(C)cc2)cc1. The van der Waals surface area contributed by atoms with Crippen LogP contribution in [0.3, 0.4) is 0 Å². The van der Waals surface area contributed by atoms with E-state index in [2.05, 4.69) is 144 Å². The molecule has 7 aromatic rings. The van der Waals surface area contributed by atoms with E-state index in [1.807, 2.05) is 74.5 Å². The molecule has 0 unspecified atom stereocenters. The van der Waals surface area contributed by atoms with Crippen molar-refractivity contribution >= 4 is 64.1 Å². The summed E-state index contributed by atoms with van der Waals surface area (Å²) in [5, 5.41) is 10.2. The molecule has 0 saturated heterocycles. The first-order valence-corrected chi connectivity index (χ1v) is 20.1. The maximum Gasteiger partial charge on any atom is 0.194 e. The minimum atomic E-state index is 0.475. The van der Waals surface area contributed by atoms with Crippen LogP contribution in [0, 0.1) is 31.8 Å². The van der Waals surface area contributed by atoms with Gasteiger partial charge in [0.05, 0.1) is 31.4 Å². The van der Waals surface area contributed by atoms with Gasteiger partial charge in [-0.1, -0.05) is 84.0 Å². The van der Waals surface area contributed by atoms with E-state index in [1.54, 1.807) is 12.1 Å². The van der Waals surface area contributed by atoms with Gasteiger partial charge in [-0.15, -0.1) is 0 Å². The molecular formula is C54H46N4O2. The molecule has 6 heteroatoms. The molecule has 0 heterocycles. The first-order chi connectivity index (χ1) is 29.3. The van der Waals surface area contributed by atoms with Gasteiger partial charge >= 0.3 is 0 Å². The number of nitrogens with zero attached hydrogens (tertiary/aromatic N) is 4. The van der Waals surface area contributed by atoms with Crippen LogP contribution >= 0.6 is 0 Å². The Kier molecular flexibility index (Phi) is 12.9. The molecule has 0 radical (unpaired) electrons. The van der Waals surface area contributed by atoms with Crippen LogP contribution in [0.4, 0.5) is 39.8 Å². The Balaban J connectivity index is 1.10. The maximum absolute atomic E-state index is 10.2. The van der Waals surface area contributed by atoms with E-state index in [4.69, 9.17) is 16.0 Å². The molecule has 0 aromatic heterocycles. The lowest BCUT2D eigenvalue weighted by Crippen LogP contribution is -2.10. The van der Waals surface area contributed by atoms with Gasteiger partial charge in [-0.25, -0.2) is 4.85 Å². The molecule has 0 fully saturated rings. The normalized spacial score (nSPS) is 11.0. The highest BCUT2D eigenvalue weighted by atomic mass is 16.5. The number of nitriles is 1. The molecule has 7 aromatic carbocycles. The van der Waals surface area contributed by atoms with E-state index in [0.29, 0.717) is 35.6 Å². The van der Waals surface area contributed by atoms with E-state index in [9.17, 15) is 5.26 Å². The fourth-order valence-electron chi connectivity index (χ4n) is 6.93. The maximum atomic E-state index is 10.2. The van der Waals surface area contributed by atoms with Crippen molar-refractivity contribution in [2.75, 3.05) is 23.0 Å². The molecular weight excluding hydrogens is 737 g/mol. The molecule has 294 valence electrons. The van der Waals surface area contributed by atoms with Crippen molar-refractivity contribution in [3.05, 3.63) is 208 Å². The van der Waals surface area contributed by atoms with Gasteiger partial charge in [-0.2, -0.15) is 5.26 Å². The van der Waals surface area contributed by atoms with Crippen LogP contribution in [0.5, 0.6) is 11.5 Å². The van der Waals surface area contributed by atoms with E-state index < -0.39 is 0 Å². The molecule has 0 aliphatic heterocycles. The predicted molar refractivity (Wildman–Crippen MR) is 249 cm³/mol. The van der Waals surface area contributed by atoms with Gasteiger partial charge in [0.25, 0.3) is 0 Å². The third-order valence-corrected chi connectivity index (χ3v) is 10.0. The molecule has 0 aliphatic carbocycles. The molecule has 0 aliphatic rings. The van der Waals surface area contributed by atoms with Gasteiger partial charge in [0.2, 0.25) is 0 Å². The van der Waals surface area contributed by atoms with Crippen LogP contribution in [0.1, 0.15) is 52.8 Å². The number of anilines is 6. The third-order valence-electron chi connectivity index (χ3n) is 10.0. The van der Waals surface area contributed by atoms with Crippen molar-refractivity contribution in [3.63, 3.8) is 0 Å². The zero-order valence-corrected chi connectivity index (χ0v) is 34.3. The van der Waals surface area contributed by atoms with Crippen molar-refractivity contribution in [3.8, 4) is 17.6 Å². The molecule has 0 amide bonds. The second kappa shape index (κ2) is 19.1. The van der Waals surface area contributed by atoms with E-state index in [-0.39, 0.29) is 0 Å². The first-order valence-electron chi connectivity index (χ1n) is 20.1. The first kappa shape index (κ1) is 40.4. The van der Waals surface area contributed by atoms with Crippen LogP contribution in [-0.2, 0) is 0 Å². The highest BCUT2D eigenvalue weighted by molar-refractivity contribution is 5.84. The number of hydrogen-bond acceptors (Lipinski definition) is 5. The lowest BCUT2D eigenvalue weighted by molar-refractivity contribution is 0.340. The van der Waals surface area contributed by atoms with Gasteiger partial charge < -0.3 is 19.3 Å². The van der Waals surface area contributed by atoms with Crippen LogP contribution < -0.4 is 19.3 Å². The molecule has 7 rings (SSSR count). The number of aryl methyl sites for hydroxylation is 2. The zero-order chi connectivity index (χ0) is 41.8. The largest absolute Gasteiger partial charge is 0.494 e. The van der Waals surface area contributed by atoms with Crippen LogP contribution in [-0.4, -0.2) is 13.2 Å². The smallest absolute Gasteiger partial charge is 0.194 e. The summed E-state index contributed by atoms with van der Waals surface area (Å²) in [7, 11) is 0. The summed E-state index contributed by atoms with van der Waals surface area (Å²) in [6.07, 6.45) is 7.77. The Hall–Kier alpha value is -7.80. The topological polar surface area (TPSA) is 53.1 Å². The van der Waals surface area contributed by atoms with Crippen LogP contribution in [0.25, 0.3) is 29.1 Å². The average molecular weight is 783 g/mol. The second-order valence-electron chi connectivity index (χ2n) is 14.3. The number of rotatable bonds is 14. The fourth-order valence-corrected chi connectivity index (χ4v) is 6.93. The predicted octanol–water partition coefficient (Wildman–Crippen LogP) is 14.8. The minimum Gasteiger partial charge on any atom is -0.494 e. The van der Waals surface area contributed by atoms with E-state index in [1.165, 1.54) is 11.1 Å². The number of benzene rings is 7. The number of hydrogen-bond donors (Lipinski definition) is 0. The van der Waals surface area contributed by atoms with Gasteiger partial charge in [0.15, 0.2) is 5.69 Å². The van der Waals surface area contributed by atoms with Gasteiger partial charge in [0, 0.05) is 34.1 Å². The summed E-state index contributed by atoms with van der Waals surface area (Å²) in [6.45, 7) is 17.3. The lowest BCUT2D eigenvalue weighted by atomic mass is 10.0. The minimum absolute atomic E-state index is 0.475. The third kappa shape index (κ3) is 9.65. The Morgan fingerprint density at radius 2 is 0.850 bits per heavy atom. The Morgan fingerprint density at radius 3 is 1.20 bits per heavy atom. The average Bonchev–Trinajstić information content (AvgIpc) is 3.28. The Labute approximate surface area is 354 Å². The Bertz CT molecular complexity index is 2570. The standard InChI is InChI=1S/C54H46N4O2/c1-6-59-52-32-28-50(29-33-52)58(51-30-34-53(35-31-51)60-7-2)49-24-14-41(15-25-49)12-18-43-37-54(56-5)44(36-45(43)38-55)19-13-42-16-26-48(27-17-42)57(46-20-8-39(3)9-21-46)47-22-10-40(4)11-23-47/h8-37H,6-7H2,1-4H3/b18-12-,19-13-. The number of ether oxygens (including phenoxy) is 2. The fraction of sp³-hybridized carbons (Fsp3) is 0.111. The lowest BCUT2D eigenvalue weighted by Gasteiger charge is -2.26. The van der Waals surface area contributed by atoms with Gasteiger partial charge in [-0.05, 0) is 159 Å². The summed E-state index contributed by atoms with van der Waals surface area (Å²) < 4.78 is 11.4. The molecule has 0 N–H and O–H groups in total. The molecule has 0 spiro atoms. The highest BCUT2D eigenvalue weighted by Gasteiger charge is 2.15. The highest BCUT2D eigenvalue weighted by Crippen LogP contribution is 2.38. The summed E-state index contributed by atoms with van der Waals surface area (Å²) >= 11 is 0. The van der Waals surface area contributed by atoms with Crippen molar-refractivity contribution in [2.24, 2.45) is 0 Å². The summed E-state index contributed by atoms with van der Waals surface area (Å²) in [5.41, 5.74) is 12.9. The summed E-state index contributed by atoms with van der Waals surface area (Å²) in [5.74, 6) is 1.64. The molecule has 0 atom stereocenters. The summed E-state index contributed by atoms with van der Waals surface area (Å²) in [6, 6.07) is 55.7. The second-order valence-corrected chi connectivity index (χ2v) is 14.3. The van der Waals surface area contributed by atoms with Crippen molar-refractivity contribution in [2.45, 2.75) is 27.7 Å². The van der Waals surface area contributed by atoms with Crippen molar-refractivity contribution < 1.29 is 9.47 Å². The molecule has 0 saturated carbocycles. The molecule has 60 heavy (non-hydrogen) atoms.